The predicted molar refractivity (Wildman–Crippen MR) is 60.8 cm³/mol. The SMILES string of the molecule is CCC=C(C)C(CC(C)C(=O)O)S(=O)(=O)O. The van der Waals surface area contributed by atoms with Crippen molar-refractivity contribution in [2.75, 3.05) is 0 Å². The minimum Gasteiger partial charge on any atom is -0.481 e. The summed E-state index contributed by atoms with van der Waals surface area (Å²) in [5.41, 5.74) is 0.484. The molecule has 0 spiro atoms. The van der Waals surface area contributed by atoms with Gasteiger partial charge in [-0.05, 0) is 19.8 Å². The van der Waals surface area contributed by atoms with Crippen molar-refractivity contribution in [3.8, 4) is 0 Å². The van der Waals surface area contributed by atoms with Crippen molar-refractivity contribution < 1.29 is 22.9 Å². The molecule has 0 aromatic heterocycles. The Labute approximate surface area is 95.9 Å². The normalized spacial score (nSPS) is 16.9. The summed E-state index contributed by atoms with van der Waals surface area (Å²) in [5, 5.41) is 7.59. The maximum Gasteiger partial charge on any atom is 0.306 e. The lowest BCUT2D eigenvalue weighted by Crippen LogP contribution is -2.27. The summed E-state index contributed by atoms with van der Waals surface area (Å²) in [6, 6.07) is 0. The van der Waals surface area contributed by atoms with E-state index in [-0.39, 0.29) is 6.42 Å². The van der Waals surface area contributed by atoms with Crippen molar-refractivity contribution >= 4 is 16.1 Å². The van der Waals surface area contributed by atoms with Crippen molar-refractivity contribution in [1.82, 2.24) is 0 Å². The minimum atomic E-state index is -4.25. The second-order valence-corrected chi connectivity index (χ2v) is 5.43. The van der Waals surface area contributed by atoms with Gasteiger partial charge < -0.3 is 5.11 Å². The van der Waals surface area contributed by atoms with Gasteiger partial charge in [-0.2, -0.15) is 8.42 Å². The Bertz CT molecular complexity index is 369. The van der Waals surface area contributed by atoms with Crippen LogP contribution in [0.25, 0.3) is 0 Å². The highest BCUT2D eigenvalue weighted by Crippen LogP contribution is 2.20. The molecule has 0 radical (unpaired) electrons. The smallest absolute Gasteiger partial charge is 0.306 e. The summed E-state index contributed by atoms with van der Waals surface area (Å²) in [7, 11) is -4.25. The molecule has 0 aromatic carbocycles. The maximum atomic E-state index is 11.1. The first-order valence-electron chi connectivity index (χ1n) is 5.05. The predicted octanol–water partition coefficient (Wildman–Crippen LogP) is 1.71. The number of hydrogen-bond donors (Lipinski definition) is 2. The van der Waals surface area contributed by atoms with Crippen LogP contribution in [0.15, 0.2) is 11.6 Å². The van der Waals surface area contributed by atoms with E-state index in [1.807, 2.05) is 6.92 Å². The third-order valence-corrected chi connectivity index (χ3v) is 3.67. The number of aliphatic carboxylic acids is 1. The Morgan fingerprint density at radius 1 is 1.44 bits per heavy atom. The fraction of sp³-hybridized carbons (Fsp3) is 0.700. The molecule has 2 atom stereocenters. The highest BCUT2D eigenvalue weighted by atomic mass is 32.2. The molecule has 94 valence electrons. The van der Waals surface area contributed by atoms with Crippen molar-refractivity contribution in [3.05, 3.63) is 11.6 Å². The zero-order valence-electron chi connectivity index (χ0n) is 9.67. The number of allylic oxidation sites excluding steroid dienone is 1. The lowest BCUT2D eigenvalue weighted by atomic mass is 10.0. The van der Waals surface area contributed by atoms with Gasteiger partial charge in [0.25, 0.3) is 10.1 Å². The van der Waals surface area contributed by atoms with Crippen LogP contribution in [0, 0.1) is 5.92 Å². The largest absolute Gasteiger partial charge is 0.481 e. The first-order valence-corrected chi connectivity index (χ1v) is 6.56. The van der Waals surface area contributed by atoms with Crippen LogP contribution in [0.4, 0.5) is 0 Å². The van der Waals surface area contributed by atoms with Crippen molar-refractivity contribution in [3.63, 3.8) is 0 Å². The molecule has 0 aliphatic rings. The molecule has 0 aromatic rings. The summed E-state index contributed by atoms with van der Waals surface area (Å²) < 4.78 is 31.3. The molecule has 0 bridgehead atoms. The Morgan fingerprint density at radius 2 is 1.94 bits per heavy atom. The van der Waals surface area contributed by atoms with Crippen LogP contribution in [-0.4, -0.2) is 29.3 Å². The second kappa shape index (κ2) is 6.00. The quantitative estimate of drug-likeness (QED) is 0.553. The van der Waals surface area contributed by atoms with Crippen molar-refractivity contribution in [2.24, 2.45) is 5.92 Å². The van der Waals surface area contributed by atoms with Crippen LogP contribution in [0.2, 0.25) is 0 Å². The van der Waals surface area contributed by atoms with E-state index >= 15 is 0 Å². The Balaban J connectivity index is 4.99. The fourth-order valence-corrected chi connectivity index (χ4v) is 2.52. The molecule has 0 aliphatic heterocycles. The van der Waals surface area contributed by atoms with Gasteiger partial charge in [0.15, 0.2) is 0 Å². The van der Waals surface area contributed by atoms with E-state index in [1.54, 1.807) is 13.0 Å². The number of carboxylic acids is 1. The summed E-state index contributed by atoms with van der Waals surface area (Å²) >= 11 is 0. The van der Waals surface area contributed by atoms with Gasteiger partial charge in [0.1, 0.15) is 5.25 Å². The summed E-state index contributed by atoms with van der Waals surface area (Å²) in [6.45, 7) is 4.83. The first-order chi connectivity index (χ1) is 7.20. The van der Waals surface area contributed by atoms with Gasteiger partial charge in [-0.15, -0.1) is 0 Å². The van der Waals surface area contributed by atoms with Gasteiger partial charge in [0.05, 0.1) is 5.92 Å². The lowest BCUT2D eigenvalue weighted by molar-refractivity contribution is -0.141. The lowest BCUT2D eigenvalue weighted by Gasteiger charge is -2.17. The average Bonchev–Trinajstić information content (AvgIpc) is 2.11. The number of rotatable bonds is 6. The zero-order chi connectivity index (χ0) is 12.9. The van der Waals surface area contributed by atoms with Gasteiger partial charge in [0.2, 0.25) is 0 Å². The van der Waals surface area contributed by atoms with Gasteiger partial charge >= 0.3 is 5.97 Å². The number of carbonyl (C=O) groups is 1. The molecule has 0 saturated carbocycles. The topological polar surface area (TPSA) is 91.7 Å². The van der Waals surface area contributed by atoms with Crippen LogP contribution in [0.1, 0.15) is 33.6 Å². The van der Waals surface area contributed by atoms with Gasteiger partial charge in [-0.1, -0.05) is 25.5 Å². The van der Waals surface area contributed by atoms with E-state index in [1.165, 1.54) is 6.92 Å². The molecule has 0 heterocycles. The Morgan fingerprint density at radius 3 is 2.25 bits per heavy atom. The minimum absolute atomic E-state index is 0.115. The molecule has 2 N–H and O–H groups in total. The molecule has 5 nitrogen and oxygen atoms in total. The number of carboxylic acid groups (broad SMARTS) is 1. The fourth-order valence-electron chi connectivity index (χ4n) is 1.42. The van der Waals surface area contributed by atoms with Crippen LogP contribution in [0.3, 0.4) is 0 Å². The summed E-state index contributed by atoms with van der Waals surface area (Å²) in [4.78, 5) is 10.6. The van der Waals surface area contributed by atoms with Crippen molar-refractivity contribution in [1.29, 1.82) is 0 Å². The molecule has 2 unspecified atom stereocenters. The van der Waals surface area contributed by atoms with Gasteiger partial charge in [-0.3, -0.25) is 9.35 Å². The Hall–Kier alpha value is -0.880. The second-order valence-electron chi connectivity index (χ2n) is 3.83. The van der Waals surface area contributed by atoms with Gasteiger partial charge in [-0.25, -0.2) is 0 Å². The van der Waals surface area contributed by atoms with E-state index in [4.69, 9.17) is 9.66 Å². The van der Waals surface area contributed by atoms with Crippen LogP contribution >= 0.6 is 0 Å². The first kappa shape index (κ1) is 15.1. The van der Waals surface area contributed by atoms with Crippen LogP contribution in [-0.2, 0) is 14.9 Å². The van der Waals surface area contributed by atoms with E-state index in [9.17, 15) is 13.2 Å². The molecule has 0 fully saturated rings. The van der Waals surface area contributed by atoms with Gasteiger partial charge in [0, 0.05) is 0 Å². The van der Waals surface area contributed by atoms with E-state index in [0.29, 0.717) is 12.0 Å². The number of hydrogen-bond acceptors (Lipinski definition) is 3. The Kier molecular flexibility index (Phi) is 5.67. The van der Waals surface area contributed by atoms with E-state index < -0.39 is 27.3 Å². The van der Waals surface area contributed by atoms with Crippen LogP contribution < -0.4 is 0 Å². The third kappa shape index (κ3) is 4.76. The molecule has 16 heavy (non-hydrogen) atoms. The van der Waals surface area contributed by atoms with Crippen LogP contribution in [0.5, 0.6) is 0 Å². The molecule has 6 heteroatoms. The third-order valence-electron chi connectivity index (χ3n) is 2.38. The standard InChI is InChI=1S/C10H18O5S/c1-4-5-7(2)9(16(13,14)15)6-8(3)10(11)12/h5,8-9H,4,6H2,1-3H3,(H,11,12)(H,13,14,15). The molecular formula is C10H18O5S. The molecular weight excluding hydrogens is 232 g/mol. The van der Waals surface area contributed by atoms with E-state index in [0.717, 1.165) is 0 Å². The summed E-state index contributed by atoms with van der Waals surface area (Å²) in [6.07, 6.45) is 2.20. The highest BCUT2D eigenvalue weighted by molar-refractivity contribution is 7.86. The molecule has 0 rings (SSSR count). The monoisotopic (exact) mass is 250 g/mol. The molecule has 0 aliphatic carbocycles. The highest BCUT2D eigenvalue weighted by Gasteiger charge is 2.28. The maximum absolute atomic E-state index is 11.1. The van der Waals surface area contributed by atoms with E-state index in [2.05, 4.69) is 0 Å². The van der Waals surface area contributed by atoms with Crippen molar-refractivity contribution in [2.45, 2.75) is 38.9 Å². The zero-order valence-corrected chi connectivity index (χ0v) is 10.5. The molecule has 0 amide bonds. The average molecular weight is 250 g/mol. The molecule has 0 saturated heterocycles. The summed E-state index contributed by atoms with van der Waals surface area (Å²) in [5.74, 6) is -1.88.